The summed E-state index contributed by atoms with van der Waals surface area (Å²) >= 11 is 0. The van der Waals surface area contributed by atoms with Gasteiger partial charge in [0.15, 0.2) is 0 Å². The number of carbonyl (C=O) groups is 2. The molecule has 0 spiro atoms. The third-order valence-electron chi connectivity index (χ3n) is 2.95. The van der Waals surface area contributed by atoms with Crippen LogP contribution >= 0.6 is 0 Å². The Kier molecular flexibility index (Phi) is 3.57. The van der Waals surface area contributed by atoms with E-state index in [1.54, 1.807) is 13.0 Å². The van der Waals surface area contributed by atoms with Crippen LogP contribution in [0, 0.1) is 6.92 Å². The molecule has 3 N–H and O–H groups in total. The van der Waals surface area contributed by atoms with Crippen LogP contribution in [0.25, 0.3) is 0 Å². The van der Waals surface area contributed by atoms with Gasteiger partial charge in [-0.2, -0.15) is 0 Å². The van der Waals surface area contributed by atoms with Crippen LogP contribution in [0.15, 0.2) is 12.3 Å². The van der Waals surface area contributed by atoms with E-state index >= 15 is 0 Å². The second-order valence-electron chi connectivity index (χ2n) is 4.23. The number of hydrogen-bond acceptors (Lipinski definition) is 4. The number of nitrogens with zero attached hydrogens (tertiary/aromatic N) is 1. The van der Waals surface area contributed by atoms with E-state index in [2.05, 4.69) is 10.3 Å². The first-order chi connectivity index (χ1) is 8.59. The first-order valence-corrected chi connectivity index (χ1v) is 5.73. The Labute approximate surface area is 105 Å². The van der Waals surface area contributed by atoms with Crippen LogP contribution in [-0.2, 0) is 4.74 Å². The number of aromatic nitrogens is 1. The van der Waals surface area contributed by atoms with Gasteiger partial charge in [-0.3, -0.25) is 14.6 Å². The molecule has 0 bridgehead atoms. The van der Waals surface area contributed by atoms with Crippen LogP contribution in [0.3, 0.4) is 0 Å². The van der Waals surface area contributed by atoms with E-state index in [-0.39, 0.29) is 17.6 Å². The molecule has 2 rings (SSSR count). The molecule has 0 radical (unpaired) electrons. The largest absolute Gasteiger partial charge is 0.379 e. The molecule has 1 aliphatic heterocycles. The maximum Gasteiger partial charge on any atom is 0.267 e. The molecular formula is C12H15N3O3. The first kappa shape index (κ1) is 12.5. The maximum absolute atomic E-state index is 12.0. The van der Waals surface area contributed by atoms with E-state index in [1.165, 1.54) is 6.20 Å². The van der Waals surface area contributed by atoms with E-state index in [0.717, 1.165) is 6.42 Å². The van der Waals surface area contributed by atoms with E-state index < -0.39 is 5.91 Å². The second kappa shape index (κ2) is 5.14. The molecule has 0 aliphatic carbocycles. The van der Waals surface area contributed by atoms with E-state index in [9.17, 15) is 9.59 Å². The third-order valence-corrected chi connectivity index (χ3v) is 2.95. The highest BCUT2D eigenvalue weighted by Crippen LogP contribution is 2.12. The van der Waals surface area contributed by atoms with Crippen molar-refractivity contribution in [1.29, 1.82) is 0 Å². The average molecular weight is 249 g/mol. The molecule has 1 fully saturated rings. The van der Waals surface area contributed by atoms with Gasteiger partial charge in [0.1, 0.15) is 5.69 Å². The lowest BCUT2D eigenvalue weighted by Gasteiger charge is -2.12. The zero-order chi connectivity index (χ0) is 13.1. The van der Waals surface area contributed by atoms with Crippen molar-refractivity contribution in [3.63, 3.8) is 0 Å². The van der Waals surface area contributed by atoms with Crippen molar-refractivity contribution < 1.29 is 14.3 Å². The lowest BCUT2D eigenvalue weighted by Crippen LogP contribution is -2.35. The molecule has 18 heavy (non-hydrogen) atoms. The van der Waals surface area contributed by atoms with Crippen LogP contribution in [0.4, 0.5) is 0 Å². The summed E-state index contributed by atoms with van der Waals surface area (Å²) < 4.78 is 5.18. The molecule has 1 aromatic rings. The molecule has 1 atom stereocenters. The standard InChI is InChI=1S/C12H15N3O3/c1-7-9(2-4-14-10(7)11(13)16)12(17)15-8-3-5-18-6-8/h2,4,8H,3,5-6H2,1H3,(H2,13,16)(H,15,17). The molecule has 6 nitrogen and oxygen atoms in total. The number of nitrogens with two attached hydrogens (primary N) is 1. The molecule has 1 aromatic heterocycles. The summed E-state index contributed by atoms with van der Waals surface area (Å²) in [5, 5.41) is 2.86. The third kappa shape index (κ3) is 2.48. The Morgan fingerprint density at radius 2 is 2.33 bits per heavy atom. The summed E-state index contributed by atoms with van der Waals surface area (Å²) in [6.07, 6.45) is 2.21. The number of pyridine rings is 1. The van der Waals surface area contributed by atoms with Gasteiger partial charge in [0, 0.05) is 18.4 Å². The summed E-state index contributed by atoms with van der Waals surface area (Å²) in [5.41, 5.74) is 6.25. The smallest absolute Gasteiger partial charge is 0.267 e. The summed E-state index contributed by atoms with van der Waals surface area (Å²) in [4.78, 5) is 27.1. The van der Waals surface area contributed by atoms with Crippen LogP contribution in [0.1, 0.15) is 32.8 Å². The van der Waals surface area contributed by atoms with Gasteiger partial charge in [0.25, 0.3) is 11.8 Å². The van der Waals surface area contributed by atoms with Crippen LogP contribution in [0.5, 0.6) is 0 Å². The molecule has 1 saturated heterocycles. The average Bonchev–Trinajstić information content (AvgIpc) is 2.81. The lowest BCUT2D eigenvalue weighted by molar-refractivity contribution is 0.0929. The van der Waals surface area contributed by atoms with Crippen molar-refractivity contribution in [2.24, 2.45) is 5.73 Å². The number of hydrogen-bond donors (Lipinski definition) is 2. The van der Waals surface area contributed by atoms with Gasteiger partial charge in [0.05, 0.1) is 12.6 Å². The van der Waals surface area contributed by atoms with Gasteiger partial charge in [-0.25, -0.2) is 0 Å². The molecule has 0 aromatic carbocycles. The van der Waals surface area contributed by atoms with Crippen LogP contribution in [-0.4, -0.2) is 36.1 Å². The van der Waals surface area contributed by atoms with Gasteiger partial charge >= 0.3 is 0 Å². The first-order valence-electron chi connectivity index (χ1n) is 5.73. The molecular weight excluding hydrogens is 234 g/mol. The number of primary amides is 1. The highest BCUT2D eigenvalue weighted by atomic mass is 16.5. The van der Waals surface area contributed by atoms with Crippen molar-refractivity contribution in [2.45, 2.75) is 19.4 Å². The SMILES string of the molecule is Cc1c(C(=O)NC2CCOC2)ccnc1C(N)=O. The normalized spacial score (nSPS) is 18.6. The topological polar surface area (TPSA) is 94.3 Å². The Morgan fingerprint density at radius 3 is 2.94 bits per heavy atom. The van der Waals surface area contributed by atoms with Crippen molar-refractivity contribution in [1.82, 2.24) is 10.3 Å². The second-order valence-corrected chi connectivity index (χ2v) is 4.23. The van der Waals surface area contributed by atoms with Crippen molar-refractivity contribution in [3.8, 4) is 0 Å². The fourth-order valence-corrected chi connectivity index (χ4v) is 1.94. The molecule has 2 heterocycles. The van der Waals surface area contributed by atoms with Gasteiger partial charge in [-0.15, -0.1) is 0 Å². The van der Waals surface area contributed by atoms with E-state index in [0.29, 0.717) is 24.3 Å². The molecule has 0 saturated carbocycles. The Hall–Kier alpha value is -1.95. The van der Waals surface area contributed by atoms with E-state index in [4.69, 9.17) is 10.5 Å². The van der Waals surface area contributed by atoms with E-state index in [1.807, 2.05) is 0 Å². The molecule has 2 amide bonds. The van der Waals surface area contributed by atoms with Crippen molar-refractivity contribution in [3.05, 3.63) is 29.1 Å². The zero-order valence-corrected chi connectivity index (χ0v) is 10.1. The van der Waals surface area contributed by atoms with Gasteiger partial charge in [-0.05, 0) is 25.0 Å². The van der Waals surface area contributed by atoms with Gasteiger partial charge < -0.3 is 15.8 Å². The predicted molar refractivity (Wildman–Crippen MR) is 64.2 cm³/mol. The van der Waals surface area contributed by atoms with Gasteiger partial charge in [-0.1, -0.05) is 0 Å². The highest BCUT2D eigenvalue weighted by Gasteiger charge is 2.21. The maximum atomic E-state index is 12.0. The summed E-state index contributed by atoms with van der Waals surface area (Å²) in [5.74, 6) is -0.862. The predicted octanol–water partition coefficient (Wildman–Crippen LogP) is 0.00762. The molecule has 1 aliphatic rings. The number of ether oxygens (including phenoxy) is 1. The molecule has 1 unspecified atom stereocenters. The summed E-state index contributed by atoms with van der Waals surface area (Å²) in [6.45, 7) is 2.85. The Bertz CT molecular complexity index is 481. The number of nitrogens with one attached hydrogen (secondary N) is 1. The molecule has 6 heteroatoms. The van der Waals surface area contributed by atoms with Crippen molar-refractivity contribution >= 4 is 11.8 Å². The lowest BCUT2D eigenvalue weighted by atomic mass is 10.1. The Morgan fingerprint density at radius 1 is 1.56 bits per heavy atom. The minimum atomic E-state index is -0.633. The quantitative estimate of drug-likeness (QED) is 0.788. The van der Waals surface area contributed by atoms with Crippen LogP contribution < -0.4 is 11.1 Å². The monoisotopic (exact) mass is 249 g/mol. The minimum Gasteiger partial charge on any atom is -0.379 e. The minimum absolute atomic E-state index is 0.0297. The van der Waals surface area contributed by atoms with Gasteiger partial charge in [0.2, 0.25) is 0 Å². The fraction of sp³-hybridized carbons (Fsp3) is 0.417. The number of carbonyl (C=O) groups excluding carboxylic acids is 2. The highest BCUT2D eigenvalue weighted by molar-refractivity contribution is 6.00. The summed E-state index contributed by atoms with van der Waals surface area (Å²) in [7, 11) is 0. The zero-order valence-electron chi connectivity index (χ0n) is 10.1. The van der Waals surface area contributed by atoms with Crippen LogP contribution in [0.2, 0.25) is 0 Å². The number of rotatable bonds is 3. The number of amides is 2. The van der Waals surface area contributed by atoms with Crippen molar-refractivity contribution in [2.75, 3.05) is 13.2 Å². The molecule has 96 valence electrons. The summed E-state index contributed by atoms with van der Waals surface area (Å²) in [6, 6.07) is 1.61. The Balaban J connectivity index is 2.19. The fourth-order valence-electron chi connectivity index (χ4n) is 1.94.